The Balaban J connectivity index is 2.02. The van der Waals surface area contributed by atoms with E-state index in [0.717, 1.165) is 4.68 Å². The molecule has 5 nitrogen and oxygen atoms in total. The van der Waals surface area contributed by atoms with E-state index in [1.54, 1.807) is 36.4 Å². The molecule has 0 spiro atoms. The number of hydrogen-bond acceptors (Lipinski definition) is 4. The molecule has 0 bridgehead atoms. The number of hydrogen-bond donors (Lipinski definition) is 1. The van der Waals surface area contributed by atoms with E-state index in [4.69, 9.17) is 0 Å². The van der Waals surface area contributed by atoms with Crippen LogP contribution in [0.5, 0.6) is 0 Å². The first-order valence-corrected chi connectivity index (χ1v) is 9.43. The minimum atomic E-state index is -1.29. The number of fused-ring (bicyclic) bond motifs is 1. The molecule has 0 aliphatic rings. The fourth-order valence-corrected chi connectivity index (χ4v) is 3.51. The Bertz CT molecular complexity index is 1340. The normalized spacial score (nSPS) is 11.6. The smallest absolute Gasteiger partial charge is 0.187 e. The Hall–Kier alpha value is -3.70. The number of benzene rings is 3. The molecule has 1 heterocycles. The first kappa shape index (κ1) is 20.6. The van der Waals surface area contributed by atoms with Crippen molar-refractivity contribution in [3.63, 3.8) is 0 Å². The summed E-state index contributed by atoms with van der Waals surface area (Å²) in [4.78, 5) is 0. The highest BCUT2D eigenvalue weighted by Gasteiger charge is 2.26. The minimum absolute atomic E-state index is 0.000998. The summed E-state index contributed by atoms with van der Waals surface area (Å²) >= 11 is 0. The molecule has 0 atom stereocenters. The van der Waals surface area contributed by atoms with Gasteiger partial charge < -0.3 is 5.11 Å². The van der Waals surface area contributed by atoms with Crippen molar-refractivity contribution in [1.82, 2.24) is 15.0 Å². The monoisotopic (exact) mass is 422 g/mol. The largest absolute Gasteiger partial charge is 0.389 e. The van der Waals surface area contributed by atoms with Gasteiger partial charge in [-0.25, -0.2) is 17.9 Å². The van der Waals surface area contributed by atoms with Gasteiger partial charge in [-0.2, -0.15) is 5.26 Å². The summed E-state index contributed by atoms with van der Waals surface area (Å²) in [5, 5.41) is 26.9. The van der Waals surface area contributed by atoms with Gasteiger partial charge in [-0.05, 0) is 37.1 Å². The maximum absolute atomic E-state index is 15.3. The highest BCUT2D eigenvalue weighted by molar-refractivity contribution is 5.90. The van der Waals surface area contributed by atoms with Crippen molar-refractivity contribution >= 4 is 11.0 Å². The number of rotatable bonds is 4. The van der Waals surface area contributed by atoms with E-state index in [1.807, 2.05) is 0 Å². The van der Waals surface area contributed by atoms with Gasteiger partial charge in [0.05, 0.1) is 17.7 Å². The van der Waals surface area contributed by atoms with Crippen molar-refractivity contribution < 1.29 is 18.3 Å². The average molecular weight is 422 g/mol. The topological polar surface area (TPSA) is 74.7 Å². The maximum atomic E-state index is 15.3. The van der Waals surface area contributed by atoms with Crippen molar-refractivity contribution in [3.8, 4) is 28.3 Å². The lowest BCUT2D eigenvalue weighted by atomic mass is 9.91. The molecule has 0 fully saturated rings. The molecule has 8 heteroatoms. The van der Waals surface area contributed by atoms with Crippen molar-refractivity contribution in [2.45, 2.75) is 26.0 Å². The minimum Gasteiger partial charge on any atom is -0.389 e. The lowest BCUT2D eigenvalue weighted by Crippen LogP contribution is -2.27. The standard InChI is InChI=1S/C23H17F3N4O/c1-23(2,31)12-30-22-17(28-29-30)10-16(20(25)21(22)26)18-15(13-6-4-3-5-7-13)9-8-14(11-27)19(18)24/h3-10,31H,12H2,1-2H3. The van der Waals surface area contributed by atoms with Gasteiger partial charge in [0.15, 0.2) is 11.6 Å². The highest BCUT2D eigenvalue weighted by atomic mass is 19.2. The van der Waals surface area contributed by atoms with Crippen molar-refractivity contribution in [3.05, 3.63) is 71.5 Å². The molecule has 0 aliphatic heterocycles. The van der Waals surface area contributed by atoms with E-state index in [2.05, 4.69) is 10.3 Å². The average Bonchev–Trinajstić information content (AvgIpc) is 3.12. The third kappa shape index (κ3) is 3.64. The van der Waals surface area contributed by atoms with Gasteiger partial charge in [0.1, 0.15) is 22.9 Å². The number of nitrogens with zero attached hydrogens (tertiary/aromatic N) is 4. The summed E-state index contributed by atoms with van der Waals surface area (Å²) in [7, 11) is 0. The zero-order chi connectivity index (χ0) is 22.3. The van der Waals surface area contributed by atoms with Crippen molar-refractivity contribution in [1.29, 1.82) is 5.26 Å². The molecule has 0 radical (unpaired) electrons. The summed E-state index contributed by atoms with van der Waals surface area (Å²) in [6, 6.07) is 14.4. The first-order chi connectivity index (χ1) is 14.7. The molecule has 156 valence electrons. The molecule has 0 aliphatic carbocycles. The van der Waals surface area contributed by atoms with Gasteiger partial charge in [0.25, 0.3) is 0 Å². The van der Waals surface area contributed by atoms with Gasteiger partial charge in [-0.15, -0.1) is 5.10 Å². The summed E-state index contributed by atoms with van der Waals surface area (Å²) in [5.41, 5.74) is -1.49. The second-order valence-electron chi connectivity index (χ2n) is 7.81. The fourth-order valence-electron chi connectivity index (χ4n) is 3.51. The van der Waals surface area contributed by atoms with E-state index in [-0.39, 0.29) is 34.3 Å². The molecule has 3 aromatic carbocycles. The van der Waals surface area contributed by atoms with Crippen LogP contribution in [0.3, 0.4) is 0 Å². The van der Waals surface area contributed by atoms with E-state index in [1.165, 1.54) is 32.0 Å². The predicted molar refractivity (Wildman–Crippen MR) is 109 cm³/mol. The Morgan fingerprint density at radius 3 is 2.35 bits per heavy atom. The second-order valence-corrected chi connectivity index (χ2v) is 7.81. The molecule has 0 saturated heterocycles. The summed E-state index contributed by atoms with van der Waals surface area (Å²) < 4.78 is 46.7. The Kier molecular flexibility index (Phi) is 4.99. The van der Waals surface area contributed by atoms with Crippen LogP contribution >= 0.6 is 0 Å². The van der Waals surface area contributed by atoms with Gasteiger partial charge in [-0.3, -0.25) is 0 Å². The maximum Gasteiger partial charge on any atom is 0.187 e. The van der Waals surface area contributed by atoms with Crippen LogP contribution in [-0.4, -0.2) is 25.7 Å². The zero-order valence-corrected chi connectivity index (χ0v) is 16.7. The summed E-state index contributed by atoms with van der Waals surface area (Å²) in [6.45, 7) is 2.88. The quantitative estimate of drug-likeness (QED) is 0.511. The molecule has 4 aromatic rings. The molecule has 1 aromatic heterocycles. The van der Waals surface area contributed by atoms with Gasteiger partial charge in [-0.1, -0.05) is 41.6 Å². The molecular weight excluding hydrogens is 405 g/mol. The molecule has 4 rings (SSSR count). The van der Waals surface area contributed by atoms with Crippen LogP contribution in [0.25, 0.3) is 33.3 Å². The fraction of sp³-hybridized carbons (Fsp3) is 0.174. The van der Waals surface area contributed by atoms with Crippen LogP contribution in [0.2, 0.25) is 0 Å². The van der Waals surface area contributed by atoms with Crippen molar-refractivity contribution in [2.75, 3.05) is 0 Å². The number of nitriles is 1. The van der Waals surface area contributed by atoms with Crippen LogP contribution in [0, 0.1) is 28.8 Å². The molecule has 0 saturated carbocycles. The molecular formula is C23H17F3N4O. The number of aliphatic hydroxyl groups is 1. The lowest BCUT2D eigenvalue weighted by molar-refractivity contribution is 0.0583. The summed E-state index contributed by atoms with van der Waals surface area (Å²) in [6.07, 6.45) is 0. The van der Waals surface area contributed by atoms with Gasteiger partial charge >= 0.3 is 0 Å². The first-order valence-electron chi connectivity index (χ1n) is 9.43. The van der Waals surface area contributed by atoms with Crippen LogP contribution in [-0.2, 0) is 6.54 Å². The summed E-state index contributed by atoms with van der Waals surface area (Å²) in [5.74, 6) is -3.51. The van der Waals surface area contributed by atoms with E-state index < -0.39 is 23.1 Å². The predicted octanol–water partition coefficient (Wildman–Crippen LogP) is 4.83. The SMILES string of the molecule is CC(C)(O)Cn1nnc2cc(-c3c(-c4ccccc4)ccc(C#N)c3F)c(F)c(F)c21. The van der Waals surface area contributed by atoms with E-state index >= 15 is 13.2 Å². The third-order valence-corrected chi connectivity index (χ3v) is 4.83. The van der Waals surface area contributed by atoms with Crippen LogP contribution in [0.4, 0.5) is 13.2 Å². The van der Waals surface area contributed by atoms with Crippen LogP contribution < -0.4 is 0 Å². The van der Waals surface area contributed by atoms with Gasteiger partial charge in [0, 0.05) is 11.1 Å². The number of aromatic nitrogens is 3. The van der Waals surface area contributed by atoms with E-state index in [9.17, 15) is 10.4 Å². The van der Waals surface area contributed by atoms with Crippen LogP contribution in [0.1, 0.15) is 19.4 Å². The zero-order valence-electron chi connectivity index (χ0n) is 16.7. The van der Waals surface area contributed by atoms with Gasteiger partial charge in [0.2, 0.25) is 0 Å². The number of halogens is 3. The molecule has 31 heavy (non-hydrogen) atoms. The Morgan fingerprint density at radius 1 is 1.00 bits per heavy atom. The highest BCUT2D eigenvalue weighted by Crippen LogP contribution is 2.39. The molecule has 0 unspecified atom stereocenters. The Labute approximate surface area is 176 Å². The lowest BCUT2D eigenvalue weighted by Gasteiger charge is -2.17. The second kappa shape index (κ2) is 7.52. The van der Waals surface area contributed by atoms with E-state index in [0.29, 0.717) is 11.1 Å². The third-order valence-electron chi connectivity index (χ3n) is 4.83. The molecule has 0 amide bonds. The van der Waals surface area contributed by atoms with Crippen molar-refractivity contribution in [2.24, 2.45) is 0 Å². The molecule has 1 N–H and O–H groups in total. The Morgan fingerprint density at radius 2 is 1.71 bits per heavy atom. The van der Waals surface area contributed by atoms with Crippen LogP contribution in [0.15, 0.2) is 48.5 Å².